The molecular formula is C22H27FN2O3S. The maximum Gasteiger partial charge on any atom is 0.224 e. The molecule has 5 nitrogen and oxygen atoms in total. The maximum atomic E-state index is 13.8. The predicted octanol–water partition coefficient (Wildman–Crippen LogP) is 2.86. The van der Waals surface area contributed by atoms with Gasteiger partial charge in [0.2, 0.25) is 5.91 Å². The molecule has 1 aliphatic rings. The zero-order valence-corrected chi connectivity index (χ0v) is 17.4. The Morgan fingerprint density at radius 3 is 2.38 bits per heavy atom. The van der Waals surface area contributed by atoms with Crippen LogP contribution in [-0.2, 0) is 21.1 Å². The average Bonchev–Trinajstić information content (AvgIpc) is 2.70. The third-order valence-electron chi connectivity index (χ3n) is 5.46. The van der Waals surface area contributed by atoms with Crippen LogP contribution in [0.2, 0.25) is 0 Å². The highest BCUT2D eigenvalue weighted by molar-refractivity contribution is 7.92. The number of likely N-dealkylation sites (tertiary alicyclic amines) is 1. The Hall–Kier alpha value is -2.25. The fourth-order valence-corrected chi connectivity index (χ4v) is 5.44. The van der Waals surface area contributed by atoms with Gasteiger partial charge in [-0.25, -0.2) is 12.8 Å². The maximum absolute atomic E-state index is 13.8. The highest BCUT2D eigenvalue weighted by atomic mass is 32.2. The van der Waals surface area contributed by atoms with Gasteiger partial charge in [0, 0.05) is 25.6 Å². The fourth-order valence-electron chi connectivity index (χ4n) is 3.71. The van der Waals surface area contributed by atoms with Gasteiger partial charge in [-0.3, -0.25) is 4.79 Å². The molecule has 0 saturated carbocycles. The summed E-state index contributed by atoms with van der Waals surface area (Å²) in [7, 11) is -3.40. The van der Waals surface area contributed by atoms with Crippen LogP contribution in [0.3, 0.4) is 0 Å². The minimum atomic E-state index is -3.40. The topological polar surface area (TPSA) is 80.5 Å². The second-order valence-corrected chi connectivity index (χ2v) is 9.93. The number of hydrogen-bond acceptors (Lipinski definition) is 4. The van der Waals surface area contributed by atoms with Crippen molar-refractivity contribution in [1.82, 2.24) is 4.90 Å². The van der Waals surface area contributed by atoms with Crippen molar-refractivity contribution in [2.45, 2.75) is 48.8 Å². The van der Waals surface area contributed by atoms with E-state index in [1.54, 1.807) is 47.4 Å². The Bertz CT molecular complexity index is 952. The van der Waals surface area contributed by atoms with E-state index in [-0.39, 0.29) is 24.6 Å². The van der Waals surface area contributed by atoms with Crippen LogP contribution < -0.4 is 5.73 Å². The first-order valence-corrected chi connectivity index (χ1v) is 11.4. The van der Waals surface area contributed by atoms with E-state index < -0.39 is 21.1 Å². The number of halogens is 1. The van der Waals surface area contributed by atoms with Gasteiger partial charge in [-0.15, -0.1) is 0 Å². The smallest absolute Gasteiger partial charge is 0.224 e. The summed E-state index contributed by atoms with van der Waals surface area (Å²) in [5.74, 6) is -0.433. The quantitative estimate of drug-likeness (QED) is 0.782. The first-order chi connectivity index (χ1) is 13.8. The van der Waals surface area contributed by atoms with E-state index in [2.05, 4.69) is 0 Å². The number of rotatable bonds is 6. The van der Waals surface area contributed by atoms with Crippen LogP contribution in [0.1, 0.15) is 30.4 Å². The summed E-state index contributed by atoms with van der Waals surface area (Å²) < 4.78 is 39.4. The van der Waals surface area contributed by atoms with E-state index in [0.717, 1.165) is 5.56 Å². The minimum absolute atomic E-state index is 0.111. The summed E-state index contributed by atoms with van der Waals surface area (Å²) in [5, 5.41) is -0.485. The van der Waals surface area contributed by atoms with E-state index in [9.17, 15) is 17.6 Å². The number of sulfone groups is 1. The van der Waals surface area contributed by atoms with Crippen LogP contribution in [0.5, 0.6) is 0 Å². The van der Waals surface area contributed by atoms with Crippen molar-refractivity contribution < 1.29 is 17.6 Å². The van der Waals surface area contributed by atoms with Crippen LogP contribution >= 0.6 is 0 Å². The number of nitrogens with two attached hydrogens (primary N) is 1. The standard InChI is InChI=1S/C22H27FN2O3S/c1-16-6-8-19(9-7-16)29(27,28)20-10-12-25(13-11-20)22(26)15-18(24)14-17-4-2-3-5-21(17)23/h2-9,18,20H,10-15,24H2,1H3/t18-/m1/s1. The summed E-state index contributed by atoms with van der Waals surface area (Å²) in [5.41, 5.74) is 7.56. The van der Waals surface area contributed by atoms with E-state index in [1.807, 2.05) is 6.92 Å². The molecule has 0 radical (unpaired) electrons. The molecule has 1 fully saturated rings. The lowest BCUT2D eigenvalue weighted by Gasteiger charge is -2.32. The lowest BCUT2D eigenvalue weighted by molar-refractivity contribution is -0.132. The zero-order chi connectivity index (χ0) is 21.0. The molecule has 1 atom stereocenters. The molecule has 156 valence electrons. The van der Waals surface area contributed by atoms with Gasteiger partial charge in [0.15, 0.2) is 9.84 Å². The monoisotopic (exact) mass is 418 g/mol. The van der Waals surface area contributed by atoms with Crippen LogP contribution in [0.4, 0.5) is 4.39 Å². The van der Waals surface area contributed by atoms with E-state index in [0.29, 0.717) is 36.4 Å². The Labute approximate surface area is 171 Å². The van der Waals surface area contributed by atoms with Crippen LogP contribution in [-0.4, -0.2) is 43.6 Å². The highest BCUT2D eigenvalue weighted by Gasteiger charge is 2.32. The van der Waals surface area contributed by atoms with Gasteiger partial charge in [0.1, 0.15) is 5.82 Å². The van der Waals surface area contributed by atoms with Crippen molar-refractivity contribution in [2.24, 2.45) is 5.73 Å². The van der Waals surface area contributed by atoms with Crippen molar-refractivity contribution in [2.75, 3.05) is 13.1 Å². The van der Waals surface area contributed by atoms with Crippen molar-refractivity contribution in [3.63, 3.8) is 0 Å². The molecule has 0 aromatic heterocycles. The van der Waals surface area contributed by atoms with E-state index in [1.165, 1.54) is 6.07 Å². The molecule has 2 aromatic carbocycles. The first kappa shape index (κ1) is 21.5. The van der Waals surface area contributed by atoms with E-state index >= 15 is 0 Å². The molecule has 1 saturated heterocycles. The molecule has 3 rings (SSSR count). The normalized spacial score (nSPS) is 16.6. The average molecular weight is 419 g/mol. The van der Waals surface area contributed by atoms with Crippen LogP contribution in [0.25, 0.3) is 0 Å². The third-order valence-corrected chi connectivity index (χ3v) is 7.74. The number of amides is 1. The Kier molecular flexibility index (Phi) is 6.70. The van der Waals surface area contributed by atoms with Crippen molar-refractivity contribution in [3.05, 3.63) is 65.5 Å². The van der Waals surface area contributed by atoms with E-state index in [4.69, 9.17) is 5.73 Å². The molecule has 1 aliphatic heterocycles. The Balaban J connectivity index is 1.54. The molecule has 0 spiro atoms. The third kappa shape index (κ3) is 5.22. The predicted molar refractivity (Wildman–Crippen MR) is 111 cm³/mol. The zero-order valence-electron chi connectivity index (χ0n) is 16.6. The van der Waals surface area contributed by atoms with Crippen LogP contribution in [0.15, 0.2) is 53.4 Å². The molecule has 29 heavy (non-hydrogen) atoms. The van der Waals surface area contributed by atoms with Crippen LogP contribution in [0, 0.1) is 12.7 Å². The number of carbonyl (C=O) groups excluding carboxylic acids is 1. The highest BCUT2D eigenvalue weighted by Crippen LogP contribution is 2.25. The Morgan fingerprint density at radius 2 is 1.76 bits per heavy atom. The van der Waals surface area contributed by atoms with Gasteiger partial charge in [0.25, 0.3) is 0 Å². The molecule has 2 N–H and O–H groups in total. The molecule has 1 heterocycles. The second-order valence-electron chi connectivity index (χ2n) is 7.70. The van der Waals surface area contributed by atoms with Gasteiger partial charge in [0.05, 0.1) is 10.1 Å². The number of carbonyl (C=O) groups is 1. The van der Waals surface area contributed by atoms with Crippen molar-refractivity contribution in [3.8, 4) is 0 Å². The van der Waals surface area contributed by atoms with Gasteiger partial charge in [-0.2, -0.15) is 0 Å². The summed E-state index contributed by atoms with van der Waals surface area (Å²) in [6.07, 6.45) is 1.22. The molecule has 0 unspecified atom stereocenters. The number of aryl methyl sites for hydroxylation is 1. The lowest BCUT2D eigenvalue weighted by Crippen LogP contribution is -2.44. The molecule has 0 bridgehead atoms. The van der Waals surface area contributed by atoms with Gasteiger partial charge in [-0.05, 0) is 49.9 Å². The largest absolute Gasteiger partial charge is 0.343 e. The van der Waals surface area contributed by atoms with Gasteiger partial charge < -0.3 is 10.6 Å². The lowest BCUT2D eigenvalue weighted by atomic mass is 10.0. The fraction of sp³-hybridized carbons (Fsp3) is 0.409. The number of benzene rings is 2. The molecule has 1 amide bonds. The molecule has 7 heteroatoms. The summed E-state index contributed by atoms with van der Waals surface area (Å²) >= 11 is 0. The second kappa shape index (κ2) is 9.05. The number of piperidine rings is 1. The molecular weight excluding hydrogens is 391 g/mol. The summed E-state index contributed by atoms with van der Waals surface area (Å²) in [6.45, 7) is 2.69. The minimum Gasteiger partial charge on any atom is -0.343 e. The molecule has 0 aliphatic carbocycles. The summed E-state index contributed by atoms with van der Waals surface area (Å²) in [6, 6.07) is 12.8. The number of nitrogens with zero attached hydrogens (tertiary/aromatic N) is 1. The summed E-state index contributed by atoms with van der Waals surface area (Å²) in [4.78, 5) is 14.6. The SMILES string of the molecule is Cc1ccc(S(=O)(=O)C2CCN(C(=O)C[C@H](N)Cc3ccccc3F)CC2)cc1. The molecule has 2 aromatic rings. The Morgan fingerprint density at radius 1 is 1.14 bits per heavy atom. The van der Waals surface area contributed by atoms with Gasteiger partial charge >= 0.3 is 0 Å². The van der Waals surface area contributed by atoms with Crippen molar-refractivity contribution in [1.29, 1.82) is 0 Å². The van der Waals surface area contributed by atoms with Crippen molar-refractivity contribution >= 4 is 15.7 Å². The number of hydrogen-bond donors (Lipinski definition) is 1. The first-order valence-electron chi connectivity index (χ1n) is 9.84. The van der Waals surface area contributed by atoms with Gasteiger partial charge in [-0.1, -0.05) is 35.9 Å².